The van der Waals surface area contributed by atoms with Crippen LogP contribution in [-0.2, 0) is 10.1 Å². The fraction of sp³-hybridized carbons (Fsp3) is 0.111. The number of hydrogen-bond acceptors (Lipinski definition) is 6. The summed E-state index contributed by atoms with van der Waals surface area (Å²) in [6, 6.07) is 20.1. The maximum absolute atomic E-state index is 13.2. The number of carbonyl (C=O) groups excluding carboxylic acids is 1. The number of Topliss-reactive ketones (excluding diaryl/α,β-unsaturated/α-hetero) is 1. The van der Waals surface area contributed by atoms with Gasteiger partial charge in [0, 0.05) is 16.6 Å². The van der Waals surface area contributed by atoms with Crippen LogP contribution in [-0.4, -0.2) is 26.3 Å². The predicted octanol–water partition coefficient (Wildman–Crippen LogP) is 5.35. The van der Waals surface area contributed by atoms with Crippen LogP contribution in [0.2, 0.25) is 0 Å². The minimum atomic E-state index is -4.08. The first-order valence-electron chi connectivity index (χ1n) is 10.7. The first-order chi connectivity index (χ1) is 16.7. The Morgan fingerprint density at radius 3 is 2.40 bits per heavy atom. The molecule has 1 N–H and O–H groups in total. The van der Waals surface area contributed by atoms with Crippen LogP contribution < -0.4 is 8.92 Å². The number of nitrogens with one attached hydrogen (secondary N) is 1. The molecule has 0 spiro atoms. The Hall–Kier alpha value is -4.35. The number of aromatic nitrogens is 1. The molecule has 0 bridgehead atoms. The number of H-pyrrole nitrogens is 1. The third-order valence-electron chi connectivity index (χ3n) is 5.49. The Bertz CT molecular complexity index is 1610. The molecule has 0 atom stereocenters. The van der Waals surface area contributed by atoms with Crippen molar-refractivity contribution in [2.45, 2.75) is 18.7 Å². The van der Waals surface area contributed by atoms with Crippen LogP contribution in [0.5, 0.6) is 11.5 Å². The normalized spacial score (nSPS) is 11.8. The zero-order chi connectivity index (χ0) is 25.2. The van der Waals surface area contributed by atoms with Crippen LogP contribution in [0.3, 0.4) is 0 Å². The first-order valence-corrected chi connectivity index (χ1v) is 12.1. The number of aryl methyl sites for hydroxylation is 2. The molecule has 0 aliphatic rings. The molecule has 8 heteroatoms. The molecule has 4 aromatic rings. The van der Waals surface area contributed by atoms with Crippen molar-refractivity contribution in [3.05, 3.63) is 94.7 Å². The van der Waals surface area contributed by atoms with Gasteiger partial charge in [-0.1, -0.05) is 42.0 Å². The summed E-state index contributed by atoms with van der Waals surface area (Å²) in [7, 11) is -2.70. The summed E-state index contributed by atoms with van der Waals surface area (Å²) in [5, 5.41) is 10.4. The maximum Gasteiger partial charge on any atom is 0.339 e. The van der Waals surface area contributed by atoms with E-state index in [4.69, 9.17) is 8.92 Å². The number of ketones is 1. The molecule has 4 rings (SSSR count). The minimum Gasteiger partial charge on any atom is -0.493 e. The van der Waals surface area contributed by atoms with Gasteiger partial charge in [-0.15, -0.1) is 0 Å². The van der Waals surface area contributed by atoms with Gasteiger partial charge in [0.25, 0.3) is 0 Å². The SMILES string of the molecule is COc1cc(/C=C(\C#N)C(=O)c2c(C)[nH]c3ccccc23)ccc1OS(=O)(=O)c1ccc(C)cc1. The maximum atomic E-state index is 13.2. The van der Waals surface area contributed by atoms with Gasteiger partial charge in [-0.3, -0.25) is 4.79 Å². The number of fused-ring (bicyclic) bond motifs is 1. The van der Waals surface area contributed by atoms with E-state index in [0.29, 0.717) is 16.8 Å². The van der Waals surface area contributed by atoms with Crippen molar-refractivity contribution in [3.8, 4) is 17.6 Å². The minimum absolute atomic E-state index is 0.0115. The lowest BCUT2D eigenvalue weighted by atomic mass is 9.99. The number of rotatable bonds is 7. The summed E-state index contributed by atoms with van der Waals surface area (Å²) in [6.07, 6.45) is 1.43. The Morgan fingerprint density at radius 2 is 1.71 bits per heavy atom. The number of allylic oxidation sites excluding steroid dienone is 1. The highest BCUT2D eigenvalue weighted by Gasteiger charge is 2.21. The number of para-hydroxylation sites is 1. The molecule has 176 valence electrons. The highest BCUT2D eigenvalue weighted by molar-refractivity contribution is 7.87. The highest BCUT2D eigenvalue weighted by Crippen LogP contribution is 2.32. The van der Waals surface area contributed by atoms with E-state index in [1.54, 1.807) is 25.1 Å². The molecular weight excluding hydrogens is 464 g/mol. The third-order valence-corrected chi connectivity index (χ3v) is 6.74. The third kappa shape index (κ3) is 4.81. The van der Waals surface area contributed by atoms with Crippen LogP contribution >= 0.6 is 0 Å². The Kier molecular flexibility index (Phi) is 6.45. The van der Waals surface area contributed by atoms with Crippen LogP contribution in [0.4, 0.5) is 0 Å². The van der Waals surface area contributed by atoms with Gasteiger partial charge in [0.15, 0.2) is 11.5 Å². The van der Waals surface area contributed by atoms with Gasteiger partial charge in [0.05, 0.1) is 12.7 Å². The number of benzene rings is 3. The fourth-order valence-corrected chi connectivity index (χ4v) is 4.67. The van der Waals surface area contributed by atoms with Crippen molar-refractivity contribution in [3.63, 3.8) is 0 Å². The lowest BCUT2D eigenvalue weighted by Gasteiger charge is -2.12. The number of nitriles is 1. The molecule has 0 radical (unpaired) electrons. The summed E-state index contributed by atoms with van der Waals surface area (Å²) in [5.41, 5.74) is 3.24. The zero-order valence-corrected chi connectivity index (χ0v) is 20.1. The molecule has 0 saturated carbocycles. The summed E-state index contributed by atoms with van der Waals surface area (Å²) < 4.78 is 36.0. The lowest BCUT2D eigenvalue weighted by molar-refractivity contribution is 0.104. The molecule has 1 aromatic heterocycles. The van der Waals surface area contributed by atoms with Crippen molar-refractivity contribution in [2.24, 2.45) is 0 Å². The fourth-order valence-electron chi connectivity index (χ4n) is 3.73. The van der Waals surface area contributed by atoms with E-state index in [2.05, 4.69) is 4.98 Å². The van der Waals surface area contributed by atoms with E-state index in [1.165, 1.54) is 37.5 Å². The molecule has 0 unspecified atom stereocenters. The average Bonchev–Trinajstić information content (AvgIpc) is 3.18. The van der Waals surface area contributed by atoms with Gasteiger partial charge in [0.1, 0.15) is 16.5 Å². The van der Waals surface area contributed by atoms with Gasteiger partial charge in [-0.25, -0.2) is 0 Å². The second kappa shape index (κ2) is 9.49. The molecule has 35 heavy (non-hydrogen) atoms. The summed E-state index contributed by atoms with van der Waals surface area (Å²) in [6.45, 7) is 3.64. The van der Waals surface area contributed by atoms with Gasteiger partial charge in [-0.2, -0.15) is 13.7 Å². The van der Waals surface area contributed by atoms with E-state index in [-0.39, 0.29) is 22.0 Å². The largest absolute Gasteiger partial charge is 0.493 e. The van der Waals surface area contributed by atoms with E-state index < -0.39 is 15.9 Å². The van der Waals surface area contributed by atoms with Crippen LogP contribution in [0, 0.1) is 25.2 Å². The summed E-state index contributed by atoms with van der Waals surface area (Å²) in [4.78, 5) is 16.4. The standard InChI is InChI=1S/C27H22N2O5S/c1-17-8-11-21(12-9-17)35(31,32)34-24-13-10-19(15-25(24)33-3)14-20(16-28)27(30)26-18(2)29-23-7-5-4-6-22(23)26/h4-15,29H,1-3H3/b20-14+. The predicted molar refractivity (Wildman–Crippen MR) is 133 cm³/mol. The van der Waals surface area contributed by atoms with Gasteiger partial charge < -0.3 is 13.9 Å². The Morgan fingerprint density at radius 1 is 1.00 bits per heavy atom. The van der Waals surface area contributed by atoms with E-state index in [9.17, 15) is 18.5 Å². The molecule has 0 saturated heterocycles. The number of nitrogens with zero attached hydrogens (tertiary/aromatic N) is 1. The number of methoxy groups -OCH3 is 1. The monoisotopic (exact) mass is 486 g/mol. The molecule has 7 nitrogen and oxygen atoms in total. The van der Waals surface area contributed by atoms with Crippen molar-refractivity contribution < 1.29 is 22.1 Å². The number of hydrogen-bond donors (Lipinski definition) is 1. The van der Waals surface area contributed by atoms with E-state index >= 15 is 0 Å². The number of aromatic amines is 1. The van der Waals surface area contributed by atoms with Gasteiger partial charge in [-0.05, 0) is 55.8 Å². The smallest absolute Gasteiger partial charge is 0.339 e. The Balaban J connectivity index is 1.66. The lowest BCUT2D eigenvalue weighted by Crippen LogP contribution is -2.10. The van der Waals surface area contributed by atoms with E-state index in [1.807, 2.05) is 37.3 Å². The zero-order valence-electron chi connectivity index (χ0n) is 19.3. The van der Waals surface area contributed by atoms with E-state index in [0.717, 1.165) is 16.5 Å². The van der Waals surface area contributed by atoms with Crippen molar-refractivity contribution >= 4 is 32.9 Å². The molecule has 1 heterocycles. The van der Waals surface area contributed by atoms with Crippen molar-refractivity contribution in [2.75, 3.05) is 7.11 Å². The first kappa shape index (κ1) is 23.8. The second-order valence-corrected chi connectivity index (χ2v) is 9.48. The molecule has 3 aromatic carbocycles. The van der Waals surface area contributed by atoms with Crippen LogP contribution in [0.25, 0.3) is 17.0 Å². The number of ether oxygens (including phenoxy) is 1. The molecule has 0 amide bonds. The molecule has 0 fully saturated rings. The summed E-state index contributed by atoms with van der Waals surface area (Å²) >= 11 is 0. The van der Waals surface area contributed by atoms with Crippen LogP contribution in [0.15, 0.2) is 77.2 Å². The highest BCUT2D eigenvalue weighted by atomic mass is 32.2. The Labute approximate surface area is 203 Å². The second-order valence-electron chi connectivity index (χ2n) is 7.93. The van der Waals surface area contributed by atoms with Crippen molar-refractivity contribution in [1.29, 1.82) is 5.26 Å². The summed E-state index contributed by atoms with van der Waals surface area (Å²) in [5.74, 6) is -0.284. The van der Waals surface area contributed by atoms with Gasteiger partial charge in [0.2, 0.25) is 5.78 Å². The molecule has 0 aliphatic heterocycles. The number of carbonyl (C=O) groups is 1. The van der Waals surface area contributed by atoms with Crippen LogP contribution in [0.1, 0.15) is 27.2 Å². The molecule has 0 aliphatic carbocycles. The quantitative estimate of drug-likeness (QED) is 0.163. The van der Waals surface area contributed by atoms with Crippen molar-refractivity contribution in [1.82, 2.24) is 4.98 Å². The van der Waals surface area contributed by atoms with Gasteiger partial charge >= 0.3 is 10.1 Å². The topological polar surface area (TPSA) is 109 Å². The average molecular weight is 487 g/mol. The molecular formula is C27H22N2O5S.